The highest BCUT2D eigenvalue weighted by atomic mass is 16.3. The highest BCUT2D eigenvalue weighted by Crippen LogP contribution is 2.14. The molecule has 3 heteroatoms. The maximum Gasteiger partial charge on any atom is 0.126 e. The van der Waals surface area contributed by atoms with E-state index in [1.807, 2.05) is 39.0 Å². The highest BCUT2D eigenvalue weighted by Gasteiger charge is 2.15. The van der Waals surface area contributed by atoms with Crippen LogP contribution < -0.4 is 5.32 Å². The maximum atomic E-state index is 9.07. The molecule has 0 saturated carbocycles. The molecule has 1 rings (SSSR count). The first-order chi connectivity index (χ1) is 6.53. The van der Waals surface area contributed by atoms with E-state index in [0.717, 1.165) is 18.1 Å². The monoisotopic (exact) mass is 194 g/mol. The molecule has 0 amide bonds. The normalized spacial score (nSPS) is 11.4. The van der Waals surface area contributed by atoms with Crippen LogP contribution in [0, 0.1) is 12.3 Å². The molecule has 1 aromatic rings. The molecular formula is C11H18N2O. The number of nitrogens with zero attached hydrogens (tertiary/aromatic N) is 1. The summed E-state index contributed by atoms with van der Waals surface area (Å²) in [7, 11) is 0. The molecule has 0 unspecified atom stereocenters. The van der Waals surface area contributed by atoms with Gasteiger partial charge in [0.2, 0.25) is 0 Å². The Hall–Kier alpha value is -1.09. The lowest BCUT2D eigenvalue weighted by atomic mass is 9.95. The van der Waals surface area contributed by atoms with Crippen molar-refractivity contribution in [3.8, 4) is 0 Å². The van der Waals surface area contributed by atoms with Crippen molar-refractivity contribution in [2.45, 2.75) is 20.8 Å². The van der Waals surface area contributed by atoms with Crippen molar-refractivity contribution in [1.82, 2.24) is 4.98 Å². The first kappa shape index (κ1) is 11.0. The molecule has 0 aliphatic carbocycles. The summed E-state index contributed by atoms with van der Waals surface area (Å²) in [6.07, 6.45) is 0. The first-order valence-corrected chi connectivity index (χ1v) is 4.82. The molecule has 0 bridgehead atoms. The number of hydrogen-bond donors (Lipinski definition) is 2. The molecule has 0 atom stereocenters. The van der Waals surface area contributed by atoms with Gasteiger partial charge in [-0.2, -0.15) is 0 Å². The van der Waals surface area contributed by atoms with Gasteiger partial charge in [-0.3, -0.25) is 0 Å². The smallest absolute Gasteiger partial charge is 0.126 e. The van der Waals surface area contributed by atoms with Crippen molar-refractivity contribution >= 4 is 5.82 Å². The van der Waals surface area contributed by atoms with Crippen LogP contribution >= 0.6 is 0 Å². The Morgan fingerprint density at radius 1 is 1.43 bits per heavy atom. The van der Waals surface area contributed by atoms with Crippen molar-refractivity contribution in [2.24, 2.45) is 5.41 Å². The van der Waals surface area contributed by atoms with Gasteiger partial charge in [-0.05, 0) is 19.1 Å². The maximum absolute atomic E-state index is 9.07. The van der Waals surface area contributed by atoms with Crippen LogP contribution in [0.2, 0.25) is 0 Å². The van der Waals surface area contributed by atoms with E-state index < -0.39 is 0 Å². The zero-order chi connectivity index (χ0) is 10.6. The Bertz CT molecular complexity index is 297. The molecule has 1 aromatic heterocycles. The van der Waals surface area contributed by atoms with Crippen LogP contribution in [0.25, 0.3) is 0 Å². The molecule has 2 N–H and O–H groups in total. The van der Waals surface area contributed by atoms with Gasteiger partial charge in [0.15, 0.2) is 0 Å². The van der Waals surface area contributed by atoms with E-state index >= 15 is 0 Å². The lowest BCUT2D eigenvalue weighted by Crippen LogP contribution is -2.27. The summed E-state index contributed by atoms with van der Waals surface area (Å²) in [5.74, 6) is 0.867. The molecule has 1 heterocycles. The second-order valence-corrected chi connectivity index (χ2v) is 4.34. The average molecular weight is 194 g/mol. The second-order valence-electron chi connectivity index (χ2n) is 4.34. The third kappa shape index (κ3) is 3.34. The zero-order valence-electron chi connectivity index (χ0n) is 9.04. The van der Waals surface area contributed by atoms with Crippen molar-refractivity contribution in [3.05, 3.63) is 23.9 Å². The fraction of sp³-hybridized carbons (Fsp3) is 0.545. The topological polar surface area (TPSA) is 45.1 Å². The van der Waals surface area contributed by atoms with Crippen molar-refractivity contribution < 1.29 is 5.11 Å². The molecule has 14 heavy (non-hydrogen) atoms. The minimum Gasteiger partial charge on any atom is -0.396 e. The van der Waals surface area contributed by atoms with Gasteiger partial charge in [0.25, 0.3) is 0 Å². The number of nitrogens with one attached hydrogen (secondary N) is 1. The Morgan fingerprint density at radius 2 is 2.14 bits per heavy atom. The summed E-state index contributed by atoms with van der Waals surface area (Å²) in [4.78, 5) is 4.32. The minimum absolute atomic E-state index is 0.106. The Morgan fingerprint density at radius 3 is 2.71 bits per heavy atom. The molecule has 0 aromatic carbocycles. The summed E-state index contributed by atoms with van der Waals surface area (Å²) in [6, 6.07) is 5.86. The van der Waals surface area contributed by atoms with E-state index in [2.05, 4.69) is 10.3 Å². The van der Waals surface area contributed by atoms with Crippen LogP contribution in [0.3, 0.4) is 0 Å². The fourth-order valence-electron chi connectivity index (χ4n) is 1.03. The van der Waals surface area contributed by atoms with E-state index in [4.69, 9.17) is 5.11 Å². The number of aliphatic hydroxyl groups excluding tert-OH is 1. The highest BCUT2D eigenvalue weighted by molar-refractivity contribution is 5.35. The van der Waals surface area contributed by atoms with Crippen LogP contribution in [0.15, 0.2) is 18.2 Å². The SMILES string of the molecule is Cc1cccc(NCC(C)(C)CO)n1. The lowest BCUT2D eigenvalue weighted by molar-refractivity contribution is 0.170. The molecule has 0 aliphatic heterocycles. The number of anilines is 1. The molecule has 0 fully saturated rings. The number of pyridine rings is 1. The van der Waals surface area contributed by atoms with Gasteiger partial charge < -0.3 is 10.4 Å². The molecule has 78 valence electrons. The quantitative estimate of drug-likeness (QED) is 0.768. The van der Waals surface area contributed by atoms with Crippen LogP contribution in [-0.4, -0.2) is 23.2 Å². The van der Waals surface area contributed by atoms with Gasteiger partial charge in [0.1, 0.15) is 5.82 Å². The van der Waals surface area contributed by atoms with Crippen LogP contribution in [0.5, 0.6) is 0 Å². The van der Waals surface area contributed by atoms with Gasteiger partial charge in [0, 0.05) is 24.3 Å². The molecule has 0 radical (unpaired) electrons. The Balaban J connectivity index is 2.54. The second kappa shape index (κ2) is 4.42. The molecule has 0 aliphatic rings. The summed E-state index contributed by atoms with van der Waals surface area (Å²) in [6.45, 7) is 6.87. The summed E-state index contributed by atoms with van der Waals surface area (Å²) in [5, 5.41) is 12.3. The average Bonchev–Trinajstić information content (AvgIpc) is 2.15. The Kier molecular flexibility index (Phi) is 3.47. The van der Waals surface area contributed by atoms with Crippen LogP contribution in [-0.2, 0) is 0 Å². The fourth-order valence-corrected chi connectivity index (χ4v) is 1.03. The third-order valence-corrected chi connectivity index (χ3v) is 2.06. The number of hydrogen-bond acceptors (Lipinski definition) is 3. The van der Waals surface area contributed by atoms with E-state index in [1.165, 1.54) is 0 Å². The number of aromatic nitrogens is 1. The van der Waals surface area contributed by atoms with Crippen molar-refractivity contribution in [1.29, 1.82) is 0 Å². The number of aliphatic hydroxyl groups is 1. The minimum atomic E-state index is -0.106. The van der Waals surface area contributed by atoms with Gasteiger partial charge in [-0.1, -0.05) is 19.9 Å². The Labute approximate surface area is 85.2 Å². The number of rotatable bonds is 4. The zero-order valence-corrected chi connectivity index (χ0v) is 9.04. The molecule has 0 saturated heterocycles. The molecule has 0 spiro atoms. The standard InChI is InChI=1S/C11H18N2O/c1-9-5-4-6-10(13-9)12-7-11(2,3)8-14/h4-6,14H,7-8H2,1-3H3,(H,12,13). The first-order valence-electron chi connectivity index (χ1n) is 4.82. The van der Waals surface area contributed by atoms with E-state index in [9.17, 15) is 0 Å². The van der Waals surface area contributed by atoms with E-state index in [-0.39, 0.29) is 12.0 Å². The van der Waals surface area contributed by atoms with Crippen molar-refractivity contribution in [3.63, 3.8) is 0 Å². The third-order valence-electron chi connectivity index (χ3n) is 2.06. The summed E-state index contributed by atoms with van der Waals surface area (Å²) in [5.41, 5.74) is 0.891. The largest absolute Gasteiger partial charge is 0.396 e. The van der Waals surface area contributed by atoms with Gasteiger partial charge >= 0.3 is 0 Å². The predicted octanol–water partition coefficient (Wildman–Crippen LogP) is 1.82. The van der Waals surface area contributed by atoms with Crippen LogP contribution in [0.4, 0.5) is 5.82 Å². The van der Waals surface area contributed by atoms with Gasteiger partial charge in [-0.15, -0.1) is 0 Å². The summed E-state index contributed by atoms with van der Waals surface area (Å²) >= 11 is 0. The van der Waals surface area contributed by atoms with Gasteiger partial charge in [0.05, 0.1) is 0 Å². The summed E-state index contributed by atoms with van der Waals surface area (Å²) < 4.78 is 0. The lowest BCUT2D eigenvalue weighted by Gasteiger charge is -2.22. The van der Waals surface area contributed by atoms with E-state index in [1.54, 1.807) is 0 Å². The number of aryl methyl sites for hydroxylation is 1. The van der Waals surface area contributed by atoms with Crippen LogP contribution in [0.1, 0.15) is 19.5 Å². The predicted molar refractivity (Wildman–Crippen MR) is 58.3 cm³/mol. The van der Waals surface area contributed by atoms with Crippen molar-refractivity contribution in [2.75, 3.05) is 18.5 Å². The molecular weight excluding hydrogens is 176 g/mol. The van der Waals surface area contributed by atoms with E-state index in [0.29, 0.717) is 0 Å². The van der Waals surface area contributed by atoms with Gasteiger partial charge in [-0.25, -0.2) is 4.98 Å². The molecule has 3 nitrogen and oxygen atoms in total.